The summed E-state index contributed by atoms with van der Waals surface area (Å²) in [7, 11) is -4.38. The summed E-state index contributed by atoms with van der Waals surface area (Å²) in [6.45, 7) is 5.61. The largest absolute Gasteiger partial charge is 1.00 e. The fraction of sp³-hybridized carbons (Fsp3) is 0.889. The van der Waals surface area contributed by atoms with Crippen LogP contribution in [0.3, 0.4) is 0 Å². The van der Waals surface area contributed by atoms with Gasteiger partial charge in [0.1, 0.15) is 6.61 Å². The fourth-order valence-corrected chi connectivity index (χ4v) is 5.73. The quantitative estimate of drug-likeness (QED) is 0.0247. The van der Waals surface area contributed by atoms with Crippen molar-refractivity contribution in [3.8, 4) is 0 Å². The first-order chi connectivity index (χ1) is 21.1. The molecule has 1 unspecified atom stereocenters. The van der Waals surface area contributed by atoms with Crippen molar-refractivity contribution in [2.45, 2.75) is 194 Å². The van der Waals surface area contributed by atoms with Crippen molar-refractivity contribution < 1.29 is 61.6 Å². The Bertz CT molecular complexity index is 829. The first-order valence-corrected chi connectivity index (χ1v) is 19.7. The Kier molecular flexibility index (Phi) is 34.8. The average molecular weight is 667 g/mol. The van der Waals surface area contributed by atoms with Gasteiger partial charge in [-0.1, -0.05) is 141 Å². The second kappa shape index (κ2) is 33.5. The van der Waals surface area contributed by atoms with Crippen LogP contribution in [0, 0.1) is 0 Å². The van der Waals surface area contributed by atoms with Gasteiger partial charge in [0, 0.05) is 12.5 Å². The number of hydrogen-bond acceptors (Lipinski definition) is 7. The summed E-state index contributed by atoms with van der Waals surface area (Å²) in [5.41, 5.74) is 0.842. The monoisotopic (exact) mass is 666 g/mol. The van der Waals surface area contributed by atoms with Gasteiger partial charge in [0.2, 0.25) is 0 Å². The third-order valence-electron chi connectivity index (χ3n) is 8.19. The molecule has 0 aliphatic heterocycles. The van der Waals surface area contributed by atoms with E-state index in [4.69, 9.17) is 9.47 Å². The van der Waals surface area contributed by atoms with Crippen LogP contribution in [0.15, 0.2) is 11.6 Å². The Balaban J connectivity index is 0. The van der Waals surface area contributed by atoms with E-state index in [1.165, 1.54) is 122 Å². The van der Waals surface area contributed by atoms with E-state index in [0.717, 1.165) is 50.5 Å². The Labute approximate surface area is 299 Å². The van der Waals surface area contributed by atoms with Crippen LogP contribution in [0.4, 0.5) is 0 Å². The summed E-state index contributed by atoms with van der Waals surface area (Å²) >= 11 is 0. The zero-order chi connectivity index (χ0) is 32.7. The topological polar surface area (TPSA) is 110 Å². The number of allylic oxidation sites excluding steroid dienone is 1. The maximum atomic E-state index is 12.1. The number of esters is 2. The molecule has 0 fully saturated rings. The van der Waals surface area contributed by atoms with Crippen LogP contribution in [0.25, 0.3) is 0 Å². The zero-order valence-corrected chi connectivity index (χ0v) is 32.5. The van der Waals surface area contributed by atoms with Crippen molar-refractivity contribution >= 4 is 22.1 Å². The fourth-order valence-electron chi connectivity index (χ4n) is 5.44. The molecule has 0 heterocycles. The SMILES string of the molecule is CCCCCCCCCCCCCCCCCCCCCCC(=O)OC(C)CCCCC/C(C)=C\C(=O)OCCS(=O)(=O)[O-].[Na+]. The molecule has 0 rings (SSSR count). The van der Waals surface area contributed by atoms with Crippen molar-refractivity contribution in [3.05, 3.63) is 11.6 Å². The molecule has 0 aliphatic carbocycles. The van der Waals surface area contributed by atoms with Crippen LogP contribution in [0.1, 0.15) is 188 Å². The number of hydrogen-bond donors (Lipinski definition) is 0. The number of rotatable bonds is 32. The molecule has 0 saturated heterocycles. The van der Waals surface area contributed by atoms with Crippen LogP contribution >= 0.6 is 0 Å². The molecule has 0 aliphatic rings. The van der Waals surface area contributed by atoms with Gasteiger partial charge in [0.25, 0.3) is 0 Å². The minimum Gasteiger partial charge on any atom is -0.748 e. The van der Waals surface area contributed by atoms with E-state index in [-0.39, 0.29) is 41.6 Å². The summed E-state index contributed by atoms with van der Waals surface area (Å²) in [5.74, 6) is -1.44. The molecule has 260 valence electrons. The average Bonchev–Trinajstić information content (AvgIpc) is 2.95. The van der Waals surface area contributed by atoms with Crippen molar-refractivity contribution in [1.29, 1.82) is 0 Å². The van der Waals surface area contributed by atoms with Gasteiger partial charge in [-0.05, 0) is 46.0 Å². The molecule has 0 amide bonds. The number of carbonyl (C=O) groups is 2. The van der Waals surface area contributed by atoms with Crippen molar-refractivity contribution in [2.24, 2.45) is 0 Å². The van der Waals surface area contributed by atoms with E-state index in [9.17, 15) is 22.6 Å². The van der Waals surface area contributed by atoms with Crippen molar-refractivity contribution in [2.75, 3.05) is 12.4 Å². The summed E-state index contributed by atoms with van der Waals surface area (Å²) in [4.78, 5) is 23.8. The molecular weight excluding hydrogens is 599 g/mol. The number of carbonyl (C=O) groups excluding carboxylic acids is 2. The summed E-state index contributed by atoms with van der Waals surface area (Å²) in [6.07, 6.45) is 33.0. The molecule has 0 spiro atoms. The molecular formula is C36H67NaO7S. The first-order valence-electron chi connectivity index (χ1n) is 18.1. The number of unbranched alkanes of at least 4 members (excludes halogenated alkanes) is 21. The molecule has 0 aromatic rings. The molecule has 0 saturated carbocycles. The van der Waals surface area contributed by atoms with Gasteiger partial charge in [-0.3, -0.25) is 4.79 Å². The minimum atomic E-state index is -4.38. The molecule has 7 nitrogen and oxygen atoms in total. The van der Waals surface area contributed by atoms with Gasteiger partial charge in [-0.25, -0.2) is 13.2 Å². The van der Waals surface area contributed by atoms with Gasteiger partial charge in [-0.15, -0.1) is 0 Å². The van der Waals surface area contributed by atoms with Crippen LogP contribution in [0.2, 0.25) is 0 Å². The van der Waals surface area contributed by atoms with Gasteiger partial charge in [-0.2, -0.15) is 0 Å². The van der Waals surface area contributed by atoms with Gasteiger partial charge in [0.15, 0.2) is 0 Å². The van der Waals surface area contributed by atoms with Crippen LogP contribution < -0.4 is 29.6 Å². The Hall–Kier alpha value is -0.410. The van der Waals surface area contributed by atoms with E-state index >= 15 is 0 Å². The molecule has 45 heavy (non-hydrogen) atoms. The summed E-state index contributed by atoms with van der Waals surface area (Å²) in [6, 6.07) is 0. The van der Waals surface area contributed by atoms with Gasteiger partial charge < -0.3 is 14.0 Å². The number of ether oxygens (including phenoxy) is 2. The minimum absolute atomic E-state index is 0. The molecule has 0 radical (unpaired) electrons. The second-order valence-corrected chi connectivity index (χ2v) is 14.3. The van der Waals surface area contributed by atoms with Crippen LogP contribution in [0.5, 0.6) is 0 Å². The summed E-state index contributed by atoms with van der Waals surface area (Å²) < 4.78 is 41.9. The van der Waals surface area contributed by atoms with E-state index in [2.05, 4.69) is 6.92 Å². The third-order valence-corrected chi connectivity index (χ3v) is 8.86. The van der Waals surface area contributed by atoms with Crippen molar-refractivity contribution in [3.63, 3.8) is 0 Å². The first kappa shape index (κ1) is 46.7. The standard InChI is InChI=1S/C36H68O7S.Na/c1-4-5-6-7-8-9-10-11-12-13-14-15-16-17-18-19-20-21-22-26-29-35(37)43-34(3)28-25-23-24-27-33(2)32-36(38)42-30-31-44(39,40)41;/h32,34H,4-31H2,1-3H3,(H,39,40,41);/q;+1/p-1/b33-32-;. The third kappa shape index (κ3) is 37.9. The van der Waals surface area contributed by atoms with E-state index in [1.54, 1.807) is 0 Å². The van der Waals surface area contributed by atoms with Crippen molar-refractivity contribution in [1.82, 2.24) is 0 Å². The molecule has 1 atom stereocenters. The van der Waals surface area contributed by atoms with Crippen LogP contribution in [-0.2, 0) is 29.2 Å². The molecule has 0 N–H and O–H groups in total. The van der Waals surface area contributed by atoms with Crippen LogP contribution in [-0.4, -0.2) is 43.4 Å². The van der Waals surface area contributed by atoms with E-state index < -0.39 is 28.4 Å². The molecule has 9 heteroatoms. The van der Waals surface area contributed by atoms with Gasteiger partial charge in [0.05, 0.1) is 22.0 Å². The molecule has 0 aromatic carbocycles. The maximum Gasteiger partial charge on any atom is 1.00 e. The predicted octanol–water partition coefficient (Wildman–Crippen LogP) is 7.12. The summed E-state index contributed by atoms with van der Waals surface area (Å²) in [5, 5.41) is 0. The van der Waals surface area contributed by atoms with E-state index in [0.29, 0.717) is 6.42 Å². The Morgan fingerprint density at radius 2 is 1.07 bits per heavy atom. The molecule has 0 aromatic heterocycles. The molecule has 0 bridgehead atoms. The maximum absolute atomic E-state index is 12.1. The zero-order valence-electron chi connectivity index (χ0n) is 29.7. The Morgan fingerprint density at radius 3 is 1.51 bits per heavy atom. The Morgan fingerprint density at radius 1 is 0.667 bits per heavy atom. The predicted molar refractivity (Wildman–Crippen MR) is 181 cm³/mol. The smallest absolute Gasteiger partial charge is 0.748 e. The van der Waals surface area contributed by atoms with E-state index in [1.807, 2.05) is 13.8 Å². The van der Waals surface area contributed by atoms with Gasteiger partial charge >= 0.3 is 41.5 Å². The normalized spacial score (nSPS) is 12.5. The second-order valence-electron chi connectivity index (χ2n) is 12.8.